The Morgan fingerprint density at radius 2 is 1.73 bits per heavy atom. The van der Waals surface area contributed by atoms with Crippen molar-refractivity contribution in [2.24, 2.45) is 5.92 Å². The number of benzene rings is 1. The van der Waals surface area contributed by atoms with Crippen LogP contribution in [0, 0.1) is 5.92 Å². The van der Waals surface area contributed by atoms with Gasteiger partial charge in [-0.05, 0) is 37.7 Å². The number of aromatic nitrogens is 2. The van der Waals surface area contributed by atoms with Crippen LogP contribution in [0.5, 0.6) is 0 Å². The maximum Gasteiger partial charge on any atom is 0.410 e. The lowest BCUT2D eigenvalue weighted by Gasteiger charge is -2.33. The summed E-state index contributed by atoms with van der Waals surface area (Å²) >= 11 is 0. The Labute approximate surface area is 208 Å². The lowest BCUT2D eigenvalue weighted by molar-refractivity contribution is -0.186. The number of ether oxygens (including phenoxy) is 1. The molecule has 1 fully saturated rings. The molecule has 1 aliphatic heterocycles. The summed E-state index contributed by atoms with van der Waals surface area (Å²) in [4.78, 5) is 31.4. The standard InChI is InChI=1S/C24H26F6N4O3/c25-23(26,27)12-19(14-4-2-1-3-5-14)34-20(35)17-10-11-33(13-18(17)32-21(34)31)22(36)37-16-8-6-15(7-9-16)24(28,29)30/h1-5,15-16,19H,6-13H2,(H2,31,32). The minimum atomic E-state index is -4.58. The second-order valence-electron chi connectivity index (χ2n) is 9.39. The largest absolute Gasteiger partial charge is 0.446 e. The fraction of sp³-hybridized carbons (Fsp3) is 0.542. The number of amides is 1. The molecule has 2 heterocycles. The van der Waals surface area contributed by atoms with Crippen molar-refractivity contribution in [1.29, 1.82) is 0 Å². The van der Waals surface area contributed by atoms with Gasteiger partial charge in [-0.15, -0.1) is 0 Å². The smallest absolute Gasteiger partial charge is 0.410 e. The zero-order valence-corrected chi connectivity index (χ0v) is 19.7. The van der Waals surface area contributed by atoms with Gasteiger partial charge >= 0.3 is 18.4 Å². The number of anilines is 1. The van der Waals surface area contributed by atoms with E-state index in [1.807, 2.05) is 0 Å². The maximum atomic E-state index is 13.4. The zero-order valence-electron chi connectivity index (χ0n) is 19.7. The second-order valence-corrected chi connectivity index (χ2v) is 9.39. The first-order valence-electron chi connectivity index (χ1n) is 11.9. The summed E-state index contributed by atoms with van der Waals surface area (Å²) in [5.41, 5.74) is 5.83. The highest BCUT2D eigenvalue weighted by Gasteiger charge is 2.42. The normalized spacial score (nSPS) is 21.3. The third-order valence-corrected chi connectivity index (χ3v) is 6.88. The molecule has 1 atom stereocenters. The van der Waals surface area contributed by atoms with Crippen LogP contribution in [0.1, 0.15) is 55.0 Å². The van der Waals surface area contributed by atoms with Gasteiger partial charge in [0, 0.05) is 12.1 Å². The highest BCUT2D eigenvalue weighted by Crippen LogP contribution is 2.38. The van der Waals surface area contributed by atoms with E-state index in [0.717, 1.165) is 4.57 Å². The molecule has 1 unspecified atom stereocenters. The molecule has 0 spiro atoms. The minimum absolute atomic E-state index is 0.0187. The molecular weight excluding hydrogens is 506 g/mol. The average Bonchev–Trinajstić information content (AvgIpc) is 2.82. The maximum absolute atomic E-state index is 13.4. The molecule has 0 radical (unpaired) electrons. The third-order valence-electron chi connectivity index (χ3n) is 6.88. The Hall–Kier alpha value is -3.25. The highest BCUT2D eigenvalue weighted by molar-refractivity contribution is 5.68. The van der Waals surface area contributed by atoms with Crippen molar-refractivity contribution in [1.82, 2.24) is 14.5 Å². The summed E-state index contributed by atoms with van der Waals surface area (Å²) in [6.07, 6.45) is -11.6. The summed E-state index contributed by atoms with van der Waals surface area (Å²) < 4.78 is 85.0. The van der Waals surface area contributed by atoms with Crippen molar-refractivity contribution in [2.45, 2.75) is 69.6 Å². The first-order valence-corrected chi connectivity index (χ1v) is 11.9. The molecule has 2 N–H and O–H groups in total. The van der Waals surface area contributed by atoms with Gasteiger partial charge in [-0.1, -0.05) is 30.3 Å². The van der Waals surface area contributed by atoms with Crippen LogP contribution in [-0.2, 0) is 17.7 Å². The number of nitrogens with zero attached hydrogens (tertiary/aromatic N) is 3. The molecule has 2 aliphatic rings. The van der Waals surface area contributed by atoms with E-state index in [0.29, 0.717) is 0 Å². The van der Waals surface area contributed by atoms with Crippen molar-refractivity contribution in [3.05, 3.63) is 57.5 Å². The average molecular weight is 532 g/mol. The molecule has 1 amide bonds. The number of carbonyl (C=O) groups excluding carboxylic acids is 1. The van der Waals surface area contributed by atoms with E-state index >= 15 is 0 Å². The molecule has 1 saturated carbocycles. The molecule has 202 valence electrons. The van der Waals surface area contributed by atoms with Crippen LogP contribution in [0.3, 0.4) is 0 Å². The van der Waals surface area contributed by atoms with E-state index in [2.05, 4.69) is 4.98 Å². The minimum Gasteiger partial charge on any atom is -0.446 e. The number of fused-ring (bicyclic) bond motifs is 1. The monoisotopic (exact) mass is 532 g/mol. The summed E-state index contributed by atoms with van der Waals surface area (Å²) in [5.74, 6) is -1.82. The van der Waals surface area contributed by atoms with E-state index in [1.54, 1.807) is 18.2 Å². The molecule has 0 bridgehead atoms. The molecular formula is C24H26F6N4O3. The van der Waals surface area contributed by atoms with Crippen LogP contribution < -0.4 is 11.3 Å². The Morgan fingerprint density at radius 1 is 1.08 bits per heavy atom. The van der Waals surface area contributed by atoms with Crippen LogP contribution in [0.25, 0.3) is 0 Å². The molecule has 1 aromatic heterocycles. The van der Waals surface area contributed by atoms with Crippen LogP contribution in [0.15, 0.2) is 35.1 Å². The number of hydrogen-bond acceptors (Lipinski definition) is 5. The van der Waals surface area contributed by atoms with Gasteiger partial charge in [0.1, 0.15) is 6.10 Å². The van der Waals surface area contributed by atoms with Crippen molar-refractivity contribution in [3.8, 4) is 0 Å². The predicted octanol–water partition coefficient (Wildman–Crippen LogP) is 4.98. The SMILES string of the molecule is Nc1nc2c(c(=O)n1C(CC(F)(F)F)c1ccccc1)CCN(C(=O)OC1CCC(C(F)(F)F)CC1)C2. The molecule has 1 aromatic carbocycles. The first-order chi connectivity index (χ1) is 17.3. The molecule has 13 heteroatoms. The van der Waals surface area contributed by atoms with Crippen LogP contribution in [0.2, 0.25) is 0 Å². The lowest BCUT2D eigenvalue weighted by Crippen LogP contribution is -2.43. The lowest BCUT2D eigenvalue weighted by atomic mass is 9.87. The quantitative estimate of drug-likeness (QED) is 0.561. The summed E-state index contributed by atoms with van der Waals surface area (Å²) in [6.45, 7) is -0.110. The fourth-order valence-corrected chi connectivity index (χ4v) is 4.96. The number of halogens is 6. The second kappa shape index (κ2) is 10.3. The van der Waals surface area contributed by atoms with Gasteiger partial charge in [-0.25, -0.2) is 9.78 Å². The van der Waals surface area contributed by atoms with Crippen molar-refractivity contribution < 1.29 is 35.9 Å². The van der Waals surface area contributed by atoms with E-state index in [-0.39, 0.29) is 62.0 Å². The van der Waals surface area contributed by atoms with Crippen molar-refractivity contribution in [3.63, 3.8) is 0 Å². The number of hydrogen-bond donors (Lipinski definition) is 1. The van der Waals surface area contributed by atoms with Gasteiger partial charge < -0.3 is 15.4 Å². The predicted molar refractivity (Wildman–Crippen MR) is 121 cm³/mol. The number of alkyl halides is 6. The van der Waals surface area contributed by atoms with Crippen molar-refractivity contribution in [2.75, 3.05) is 12.3 Å². The number of rotatable bonds is 4. The summed E-state index contributed by atoms with van der Waals surface area (Å²) in [6, 6.07) is 6.29. The van der Waals surface area contributed by atoms with Crippen molar-refractivity contribution >= 4 is 12.0 Å². The van der Waals surface area contributed by atoms with E-state index < -0.39 is 54.4 Å². The van der Waals surface area contributed by atoms with Gasteiger partial charge in [0.15, 0.2) is 0 Å². The van der Waals surface area contributed by atoms with E-state index in [1.165, 1.54) is 17.0 Å². The Kier molecular flexibility index (Phi) is 7.43. The van der Waals surface area contributed by atoms with E-state index in [4.69, 9.17) is 10.5 Å². The fourth-order valence-electron chi connectivity index (χ4n) is 4.96. The van der Waals surface area contributed by atoms with Crippen LogP contribution in [0.4, 0.5) is 37.1 Å². The zero-order chi connectivity index (χ0) is 27.0. The van der Waals surface area contributed by atoms with Gasteiger partial charge in [-0.3, -0.25) is 9.36 Å². The Balaban J connectivity index is 1.51. The molecule has 4 rings (SSSR count). The van der Waals surface area contributed by atoms with Crippen LogP contribution >= 0.6 is 0 Å². The molecule has 37 heavy (non-hydrogen) atoms. The summed E-state index contributed by atoms with van der Waals surface area (Å²) in [5, 5.41) is 0. The number of carbonyl (C=O) groups is 1. The Bertz CT molecular complexity index is 1170. The Morgan fingerprint density at radius 3 is 2.32 bits per heavy atom. The number of nitrogen functional groups attached to an aromatic ring is 1. The molecule has 7 nitrogen and oxygen atoms in total. The third kappa shape index (κ3) is 6.19. The summed E-state index contributed by atoms with van der Waals surface area (Å²) in [7, 11) is 0. The molecule has 0 saturated heterocycles. The van der Waals surface area contributed by atoms with E-state index in [9.17, 15) is 35.9 Å². The first kappa shape index (κ1) is 26.8. The highest BCUT2D eigenvalue weighted by atomic mass is 19.4. The van der Waals surface area contributed by atoms with Gasteiger partial charge in [0.05, 0.1) is 30.6 Å². The molecule has 1 aliphatic carbocycles. The van der Waals surface area contributed by atoms with Gasteiger partial charge in [0.2, 0.25) is 5.95 Å². The van der Waals surface area contributed by atoms with Gasteiger partial charge in [0.25, 0.3) is 5.56 Å². The molecule has 2 aromatic rings. The van der Waals surface area contributed by atoms with Crippen LogP contribution in [-0.4, -0.2) is 45.5 Å². The number of nitrogens with two attached hydrogens (primary N) is 1. The topological polar surface area (TPSA) is 90.5 Å². The van der Waals surface area contributed by atoms with Gasteiger partial charge in [-0.2, -0.15) is 26.3 Å².